The van der Waals surface area contributed by atoms with Gasteiger partial charge in [-0.2, -0.15) is 0 Å². The molecule has 0 rings (SSSR count). The Balaban J connectivity index is 3.55. The lowest BCUT2D eigenvalue weighted by atomic mass is 9.92. The molecule has 1 N–H and O–H groups in total. The van der Waals surface area contributed by atoms with Crippen LogP contribution in [0, 0.1) is 5.92 Å². The number of alkyl carbamates (subject to hydrolysis) is 1. The zero-order valence-corrected chi connectivity index (χ0v) is 23.1. The summed E-state index contributed by atoms with van der Waals surface area (Å²) < 4.78 is 20.8. The summed E-state index contributed by atoms with van der Waals surface area (Å²) in [6.45, 7) is 7.45. The van der Waals surface area contributed by atoms with Crippen LogP contribution in [-0.2, 0) is 23.7 Å². The third-order valence-electron chi connectivity index (χ3n) is 6.18. The van der Waals surface area contributed by atoms with Crippen molar-refractivity contribution in [3.63, 3.8) is 0 Å². The minimum absolute atomic E-state index is 0.0469. The zero-order chi connectivity index (χ0) is 25.8. The van der Waals surface area contributed by atoms with Gasteiger partial charge in [0.25, 0.3) is 0 Å². The molecule has 0 heterocycles. The highest BCUT2D eigenvalue weighted by Gasteiger charge is 2.10. The molecule has 208 valence electrons. The average molecular weight is 502 g/mol. The highest BCUT2D eigenvalue weighted by molar-refractivity contribution is 5.69. The first-order valence-electron chi connectivity index (χ1n) is 14.3. The number of unbranched alkanes of at least 4 members (excludes halogenated alkanes) is 9. The number of carbonyl (C=O) groups excluding carboxylic acids is 2. The fourth-order valence-electron chi connectivity index (χ4n) is 3.97. The largest absolute Gasteiger partial charge is 0.466 e. The van der Waals surface area contributed by atoms with Gasteiger partial charge in [-0.25, -0.2) is 4.79 Å². The third-order valence-corrected chi connectivity index (χ3v) is 6.18. The van der Waals surface area contributed by atoms with Gasteiger partial charge in [0.2, 0.25) is 0 Å². The lowest BCUT2D eigenvalue weighted by molar-refractivity contribution is -0.144. The van der Waals surface area contributed by atoms with E-state index in [0.29, 0.717) is 51.9 Å². The van der Waals surface area contributed by atoms with Crippen molar-refractivity contribution < 1.29 is 28.5 Å². The number of amides is 1. The maximum atomic E-state index is 12.0. The van der Waals surface area contributed by atoms with Crippen LogP contribution < -0.4 is 5.32 Å². The molecule has 0 saturated heterocycles. The summed E-state index contributed by atoms with van der Waals surface area (Å²) in [6, 6.07) is 0. The summed E-state index contributed by atoms with van der Waals surface area (Å²) in [5, 5.41) is 2.66. The quantitative estimate of drug-likeness (QED) is 0.103. The van der Waals surface area contributed by atoms with Gasteiger partial charge in [-0.3, -0.25) is 4.79 Å². The second-order valence-corrected chi connectivity index (χ2v) is 9.41. The van der Waals surface area contributed by atoms with E-state index < -0.39 is 6.09 Å². The van der Waals surface area contributed by atoms with Crippen molar-refractivity contribution in [2.24, 2.45) is 5.92 Å². The molecule has 0 bridgehead atoms. The Morgan fingerprint density at radius 1 is 0.657 bits per heavy atom. The summed E-state index contributed by atoms with van der Waals surface area (Å²) in [4.78, 5) is 23.6. The Bertz CT molecular complexity index is 464. The van der Waals surface area contributed by atoms with E-state index in [2.05, 4.69) is 19.2 Å². The average Bonchev–Trinajstić information content (AvgIpc) is 2.85. The number of hydrogen-bond acceptors (Lipinski definition) is 6. The van der Waals surface area contributed by atoms with Gasteiger partial charge in [0.1, 0.15) is 0 Å². The van der Waals surface area contributed by atoms with Crippen molar-refractivity contribution in [3.8, 4) is 0 Å². The van der Waals surface area contributed by atoms with Crippen molar-refractivity contribution in [2.75, 3.05) is 46.7 Å². The lowest BCUT2D eigenvalue weighted by Crippen LogP contribution is -2.28. The number of methoxy groups -OCH3 is 1. The zero-order valence-electron chi connectivity index (χ0n) is 23.1. The van der Waals surface area contributed by atoms with Crippen molar-refractivity contribution >= 4 is 12.1 Å². The maximum Gasteiger partial charge on any atom is 0.407 e. The Kier molecular flexibility index (Phi) is 26.2. The highest BCUT2D eigenvalue weighted by atomic mass is 16.6. The van der Waals surface area contributed by atoms with E-state index in [1.165, 1.54) is 51.4 Å². The second kappa shape index (κ2) is 27.3. The molecule has 7 heteroatoms. The van der Waals surface area contributed by atoms with Crippen LogP contribution in [0.25, 0.3) is 0 Å². The molecule has 35 heavy (non-hydrogen) atoms. The van der Waals surface area contributed by atoms with Gasteiger partial charge >= 0.3 is 12.1 Å². The summed E-state index contributed by atoms with van der Waals surface area (Å²) in [7, 11) is 1.62. The molecule has 0 aliphatic rings. The molecule has 0 saturated carbocycles. The molecule has 0 aliphatic carbocycles. The fourth-order valence-corrected chi connectivity index (χ4v) is 3.97. The maximum absolute atomic E-state index is 12.0. The predicted octanol–water partition coefficient (Wildman–Crippen LogP) is 6.82. The van der Waals surface area contributed by atoms with E-state index in [1.807, 2.05) is 0 Å². The van der Waals surface area contributed by atoms with Crippen LogP contribution in [-0.4, -0.2) is 58.8 Å². The smallest absolute Gasteiger partial charge is 0.407 e. The Morgan fingerprint density at radius 2 is 1.31 bits per heavy atom. The molecule has 1 amide bonds. The first-order valence-corrected chi connectivity index (χ1v) is 14.3. The number of rotatable bonds is 26. The van der Waals surface area contributed by atoms with Gasteiger partial charge in [-0.15, -0.1) is 0 Å². The van der Waals surface area contributed by atoms with Gasteiger partial charge in [0.15, 0.2) is 0 Å². The molecule has 0 radical (unpaired) electrons. The third kappa shape index (κ3) is 25.6. The predicted molar refractivity (Wildman–Crippen MR) is 142 cm³/mol. The highest BCUT2D eigenvalue weighted by Crippen LogP contribution is 2.21. The number of nitrogens with one attached hydrogen (secondary N) is 1. The molecule has 0 fully saturated rings. The molecule has 0 aromatic carbocycles. The van der Waals surface area contributed by atoms with Gasteiger partial charge in [-0.1, -0.05) is 90.9 Å². The van der Waals surface area contributed by atoms with Gasteiger partial charge in [0.05, 0.1) is 33.0 Å². The lowest BCUT2D eigenvalue weighted by Gasteiger charge is -2.16. The fraction of sp³-hybridized carbons (Fsp3) is 0.929. The summed E-state index contributed by atoms with van der Waals surface area (Å²) in [6.07, 6.45) is 17.4. The van der Waals surface area contributed by atoms with E-state index in [0.717, 1.165) is 44.9 Å². The molecule has 0 spiro atoms. The van der Waals surface area contributed by atoms with Crippen LogP contribution in [0.2, 0.25) is 0 Å². The van der Waals surface area contributed by atoms with Crippen molar-refractivity contribution in [1.82, 2.24) is 5.32 Å². The van der Waals surface area contributed by atoms with Crippen molar-refractivity contribution in [2.45, 2.75) is 117 Å². The van der Waals surface area contributed by atoms with E-state index >= 15 is 0 Å². The van der Waals surface area contributed by atoms with Gasteiger partial charge in [-0.05, 0) is 25.2 Å². The first-order chi connectivity index (χ1) is 17.1. The normalized spacial score (nSPS) is 11.1. The van der Waals surface area contributed by atoms with Gasteiger partial charge < -0.3 is 24.3 Å². The van der Waals surface area contributed by atoms with Gasteiger partial charge in [0, 0.05) is 20.1 Å². The summed E-state index contributed by atoms with van der Waals surface area (Å²) in [5.74, 6) is 0.658. The molecule has 0 atom stereocenters. The summed E-state index contributed by atoms with van der Waals surface area (Å²) >= 11 is 0. The number of esters is 1. The second-order valence-electron chi connectivity index (χ2n) is 9.41. The molecule has 0 aromatic rings. The van der Waals surface area contributed by atoms with Crippen LogP contribution in [0.15, 0.2) is 0 Å². The van der Waals surface area contributed by atoms with E-state index in [9.17, 15) is 9.59 Å². The van der Waals surface area contributed by atoms with E-state index in [4.69, 9.17) is 18.9 Å². The Hall–Kier alpha value is -1.34. The summed E-state index contributed by atoms with van der Waals surface area (Å²) in [5.41, 5.74) is 0. The van der Waals surface area contributed by atoms with Crippen LogP contribution in [0.4, 0.5) is 4.79 Å². The molecule has 7 nitrogen and oxygen atoms in total. The number of carbonyl (C=O) groups is 2. The topological polar surface area (TPSA) is 83.1 Å². The SMILES string of the molecule is CCCCCC(CCCCC)CCOC(=O)CCCCCCCCOC(=O)NCCOCCOC. The van der Waals surface area contributed by atoms with E-state index in [-0.39, 0.29) is 5.97 Å². The van der Waals surface area contributed by atoms with Crippen molar-refractivity contribution in [1.29, 1.82) is 0 Å². The van der Waals surface area contributed by atoms with E-state index in [1.54, 1.807) is 7.11 Å². The Morgan fingerprint density at radius 3 is 1.97 bits per heavy atom. The first kappa shape index (κ1) is 33.7. The van der Waals surface area contributed by atoms with Crippen LogP contribution >= 0.6 is 0 Å². The number of ether oxygens (including phenoxy) is 4. The molecule has 0 aliphatic heterocycles. The van der Waals surface area contributed by atoms with Crippen LogP contribution in [0.1, 0.15) is 117 Å². The molecule has 0 unspecified atom stereocenters. The van der Waals surface area contributed by atoms with Crippen LogP contribution in [0.3, 0.4) is 0 Å². The minimum Gasteiger partial charge on any atom is -0.466 e. The van der Waals surface area contributed by atoms with Crippen LogP contribution in [0.5, 0.6) is 0 Å². The van der Waals surface area contributed by atoms with Crippen molar-refractivity contribution in [3.05, 3.63) is 0 Å². The Labute approximate surface area is 215 Å². The molecule has 0 aromatic heterocycles. The number of hydrogen-bond donors (Lipinski definition) is 1. The molecular formula is C28H55NO6. The standard InChI is InChI=1S/C28H55NO6/c1-4-6-12-16-26(17-13-7-5-2)19-22-34-27(30)18-14-10-8-9-11-15-21-35-28(31)29-20-23-33-25-24-32-3/h26H,4-25H2,1-3H3,(H,29,31). The molecular weight excluding hydrogens is 446 g/mol. The minimum atomic E-state index is -0.396. The monoisotopic (exact) mass is 501 g/mol.